The van der Waals surface area contributed by atoms with Crippen molar-refractivity contribution < 1.29 is 0 Å². The Kier molecular flexibility index (Phi) is 4.56. The number of nitrogens with zero attached hydrogens (tertiary/aromatic N) is 1. The zero-order valence-corrected chi connectivity index (χ0v) is 11.6. The van der Waals surface area contributed by atoms with Gasteiger partial charge in [-0.3, -0.25) is 4.90 Å². The van der Waals surface area contributed by atoms with Crippen molar-refractivity contribution >= 4 is 0 Å². The fraction of sp³-hybridized carbons (Fsp3) is 0.500. The van der Waals surface area contributed by atoms with Gasteiger partial charge in [0.25, 0.3) is 0 Å². The Morgan fingerprint density at radius 3 is 2.39 bits per heavy atom. The lowest BCUT2D eigenvalue weighted by molar-refractivity contribution is 0.174. The minimum absolute atomic E-state index is 0.489. The second-order valence-corrected chi connectivity index (χ2v) is 5.25. The van der Waals surface area contributed by atoms with Crippen molar-refractivity contribution in [3.63, 3.8) is 0 Å². The van der Waals surface area contributed by atoms with Crippen LogP contribution in [0.2, 0.25) is 0 Å². The van der Waals surface area contributed by atoms with Crippen LogP contribution in [0.15, 0.2) is 30.9 Å². The largest absolute Gasteiger partial charge is 0.314 e. The number of rotatable bonds is 4. The monoisotopic (exact) mass is 244 g/mol. The highest BCUT2D eigenvalue weighted by Crippen LogP contribution is 2.26. The van der Waals surface area contributed by atoms with E-state index in [1.54, 1.807) is 0 Å². The Morgan fingerprint density at radius 2 is 1.83 bits per heavy atom. The number of aryl methyl sites for hydroxylation is 2. The van der Waals surface area contributed by atoms with Crippen molar-refractivity contribution in [2.45, 2.75) is 26.3 Å². The van der Waals surface area contributed by atoms with E-state index in [0.29, 0.717) is 6.04 Å². The molecular weight excluding hydrogens is 220 g/mol. The highest BCUT2D eigenvalue weighted by molar-refractivity contribution is 5.31. The lowest BCUT2D eigenvalue weighted by atomic mass is 9.97. The summed E-state index contributed by atoms with van der Waals surface area (Å²) in [6.07, 6.45) is 3.08. The highest BCUT2D eigenvalue weighted by atomic mass is 15.2. The molecule has 1 fully saturated rings. The smallest absolute Gasteiger partial charge is 0.0383 e. The molecule has 1 aromatic rings. The van der Waals surface area contributed by atoms with Crippen LogP contribution in [0.4, 0.5) is 0 Å². The molecule has 1 aliphatic heterocycles. The van der Waals surface area contributed by atoms with Gasteiger partial charge in [-0.15, -0.1) is 6.58 Å². The second-order valence-electron chi connectivity index (χ2n) is 5.25. The molecule has 2 nitrogen and oxygen atoms in total. The molecule has 0 aliphatic carbocycles. The lowest BCUT2D eigenvalue weighted by Gasteiger charge is -2.35. The molecule has 0 spiro atoms. The van der Waals surface area contributed by atoms with Crippen LogP contribution in [0, 0.1) is 13.8 Å². The maximum Gasteiger partial charge on any atom is 0.0383 e. The molecule has 0 bridgehead atoms. The van der Waals surface area contributed by atoms with Gasteiger partial charge in [-0.05, 0) is 25.8 Å². The van der Waals surface area contributed by atoms with Crippen molar-refractivity contribution in [2.75, 3.05) is 26.2 Å². The topological polar surface area (TPSA) is 15.3 Å². The lowest BCUT2D eigenvalue weighted by Crippen LogP contribution is -2.45. The van der Waals surface area contributed by atoms with Gasteiger partial charge in [-0.25, -0.2) is 0 Å². The first kappa shape index (κ1) is 13.3. The number of nitrogens with one attached hydrogen (secondary N) is 1. The van der Waals surface area contributed by atoms with E-state index in [4.69, 9.17) is 0 Å². The highest BCUT2D eigenvalue weighted by Gasteiger charge is 2.21. The minimum Gasteiger partial charge on any atom is -0.314 e. The van der Waals surface area contributed by atoms with Gasteiger partial charge in [0, 0.05) is 32.2 Å². The summed E-state index contributed by atoms with van der Waals surface area (Å²) < 4.78 is 0. The Hall–Kier alpha value is -1.12. The third kappa shape index (κ3) is 3.21. The molecule has 0 aromatic heterocycles. The summed E-state index contributed by atoms with van der Waals surface area (Å²) >= 11 is 0. The summed E-state index contributed by atoms with van der Waals surface area (Å²) in [6.45, 7) is 12.7. The van der Waals surface area contributed by atoms with E-state index in [1.165, 1.54) is 16.7 Å². The second kappa shape index (κ2) is 6.17. The third-order valence-corrected chi connectivity index (χ3v) is 3.61. The summed E-state index contributed by atoms with van der Waals surface area (Å²) in [5, 5.41) is 3.42. The predicted octanol–water partition coefficient (Wildman–Crippen LogP) is 2.83. The fourth-order valence-electron chi connectivity index (χ4n) is 2.85. The zero-order chi connectivity index (χ0) is 13.0. The van der Waals surface area contributed by atoms with Crippen LogP contribution in [0.5, 0.6) is 0 Å². The molecule has 1 heterocycles. The van der Waals surface area contributed by atoms with Crippen LogP contribution in [-0.4, -0.2) is 31.1 Å². The van der Waals surface area contributed by atoms with E-state index in [-0.39, 0.29) is 0 Å². The third-order valence-electron chi connectivity index (χ3n) is 3.61. The molecule has 0 radical (unpaired) electrons. The number of hydrogen-bond donors (Lipinski definition) is 1. The molecule has 1 saturated heterocycles. The quantitative estimate of drug-likeness (QED) is 0.819. The van der Waals surface area contributed by atoms with Crippen molar-refractivity contribution in [1.29, 1.82) is 0 Å². The molecule has 0 saturated carbocycles. The summed E-state index contributed by atoms with van der Waals surface area (Å²) in [5.74, 6) is 0. The molecule has 98 valence electrons. The van der Waals surface area contributed by atoms with Crippen LogP contribution >= 0.6 is 0 Å². The van der Waals surface area contributed by atoms with E-state index in [2.05, 4.69) is 48.8 Å². The molecular formula is C16H24N2. The van der Waals surface area contributed by atoms with Gasteiger partial charge < -0.3 is 5.32 Å². The molecule has 1 aromatic carbocycles. The van der Waals surface area contributed by atoms with E-state index in [0.717, 1.165) is 32.6 Å². The summed E-state index contributed by atoms with van der Waals surface area (Å²) in [4.78, 5) is 2.58. The van der Waals surface area contributed by atoms with E-state index < -0.39 is 0 Å². The maximum absolute atomic E-state index is 3.92. The fourth-order valence-corrected chi connectivity index (χ4v) is 2.85. The van der Waals surface area contributed by atoms with Crippen molar-refractivity contribution in [3.05, 3.63) is 47.5 Å². The zero-order valence-electron chi connectivity index (χ0n) is 11.6. The average Bonchev–Trinajstić information content (AvgIpc) is 2.36. The van der Waals surface area contributed by atoms with Crippen LogP contribution in [0.1, 0.15) is 29.2 Å². The summed E-state index contributed by atoms with van der Waals surface area (Å²) in [6, 6.07) is 7.38. The molecule has 2 rings (SSSR count). The van der Waals surface area contributed by atoms with Gasteiger partial charge in [0.1, 0.15) is 0 Å². The predicted molar refractivity (Wildman–Crippen MR) is 77.9 cm³/mol. The van der Waals surface area contributed by atoms with Crippen molar-refractivity contribution in [1.82, 2.24) is 10.2 Å². The number of benzene rings is 1. The maximum atomic E-state index is 3.92. The van der Waals surface area contributed by atoms with E-state index in [9.17, 15) is 0 Å². The molecule has 1 atom stereocenters. The van der Waals surface area contributed by atoms with Crippen LogP contribution in [0.25, 0.3) is 0 Å². The Balaban J connectivity index is 2.24. The first-order chi connectivity index (χ1) is 8.70. The molecule has 1 aliphatic rings. The molecule has 0 amide bonds. The number of hydrogen-bond acceptors (Lipinski definition) is 2. The van der Waals surface area contributed by atoms with Gasteiger partial charge in [-0.2, -0.15) is 0 Å². The van der Waals surface area contributed by atoms with Gasteiger partial charge in [-0.1, -0.05) is 35.4 Å². The minimum atomic E-state index is 0.489. The first-order valence-corrected chi connectivity index (χ1v) is 6.84. The Labute approximate surface area is 111 Å². The first-order valence-electron chi connectivity index (χ1n) is 6.84. The Bertz CT molecular complexity index is 385. The Morgan fingerprint density at radius 1 is 1.22 bits per heavy atom. The summed E-state index contributed by atoms with van der Waals surface area (Å²) in [7, 11) is 0. The molecule has 18 heavy (non-hydrogen) atoms. The van der Waals surface area contributed by atoms with E-state index in [1.807, 2.05) is 6.08 Å². The van der Waals surface area contributed by atoms with Crippen LogP contribution in [0.3, 0.4) is 0 Å². The number of piperazine rings is 1. The van der Waals surface area contributed by atoms with Gasteiger partial charge in [0.15, 0.2) is 0 Å². The SMILES string of the molecule is C=CC[C@@H](c1cc(C)cc(C)c1)N1CCNCC1. The molecule has 2 heteroatoms. The van der Waals surface area contributed by atoms with Gasteiger partial charge >= 0.3 is 0 Å². The van der Waals surface area contributed by atoms with E-state index >= 15 is 0 Å². The standard InChI is InChI=1S/C16H24N2/c1-4-5-16(18-8-6-17-7-9-18)15-11-13(2)10-14(3)12-15/h4,10-12,16-17H,1,5-9H2,2-3H3/t16-/m0/s1. The van der Waals surface area contributed by atoms with Crippen LogP contribution in [-0.2, 0) is 0 Å². The van der Waals surface area contributed by atoms with Crippen LogP contribution < -0.4 is 5.32 Å². The van der Waals surface area contributed by atoms with Gasteiger partial charge in [0.05, 0.1) is 0 Å². The normalized spacial score (nSPS) is 18.6. The molecule has 1 N–H and O–H groups in total. The van der Waals surface area contributed by atoms with Gasteiger partial charge in [0.2, 0.25) is 0 Å². The summed E-state index contributed by atoms with van der Waals surface area (Å²) in [5.41, 5.74) is 4.15. The van der Waals surface area contributed by atoms with Crippen molar-refractivity contribution in [2.24, 2.45) is 0 Å². The average molecular weight is 244 g/mol. The van der Waals surface area contributed by atoms with Crippen molar-refractivity contribution in [3.8, 4) is 0 Å². The molecule has 0 unspecified atom stereocenters.